The van der Waals surface area contributed by atoms with E-state index in [4.69, 9.17) is 18.0 Å². The SMILES string of the molecule is C#CCNS(=O)(=O)c1ccc(Cl)nc1C. The van der Waals surface area contributed by atoms with Crippen LogP contribution in [0, 0.1) is 19.3 Å². The fourth-order valence-electron chi connectivity index (χ4n) is 1.02. The van der Waals surface area contributed by atoms with Crippen LogP contribution >= 0.6 is 11.6 Å². The van der Waals surface area contributed by atoms with Crippen molar-refractivity contribution in [1.29, 1.82) is 0 Å². The summed E-state index contributed by atoms with van der Waals surface area (Å²) in [5, 5.41) is 0.253. The third-order valence-corrected chi connectivity index (χ3v) is 3.40. The van der Waals surface area contributed by atoms with E-state index in [1.54, 1.807) is 6.92 Å². The lowest BCUT2D eigenvalue weighted by Gasteiger charge is -2.06. The maximum atomic E-state index is 11.6. The molecular formula is C9H9ClN2O2S. The van der Waals surface area contributed by atoms with Crippen LogP contribution < -0.4 is 4.72 Å². The highest BCUT2D eigenvalue weighted by Gasteiger charge is 2.16. The van der Waals surface area contributed by atoms with Gasteiger partial charge in [0, 0.05) is 0 Å². The lowest BCUT2D eigenvalue weighted by atomic mass is 10.4. The van der Waals surface area contributed by atoms with Crippen LogP contribution in [0.1, 0.15) is 5.69 Å². The first-order chi connectivity index (χ1) is 6.97. The Morgan fingerprint density at radius 3 is 2.80 bits per heavy atom. The van der Waals surface area contributed by atoms with E-state index < -0.39 is 10.0 Å². The van der Waals surface area contributed by atoms with E-state index in [-0.39, 0.29) is 16.6 Å². The van der Waals surface area contributed by atoms with Gasteiger partial charge in [0.05, 0.1) is 12.2 Å². The van der Waals surface area contributed by atoms with Gasteiger partial charge in [-0.3, -0.25) is 0 Å². The molecule has 6 heteroatoms. The van der Waals surface area contributed by atoms with E-state index in [0.29, 0.717) is 5.69 Å². The van der Waals surface area contributed by atoms with Gasteiger partial charge in [-0.1, -0.05) is 17.5 Å². The van der Waals surface area contributed by atoms with E-state index >= 15 is 0 Å². The highest BCUT2D eigenvalue weighted by atomic mass is 35.5. The highest BCUT2D eigenvalue weighted by molar-refractivity contribution is 7.89. The molecule has 0 aromatic carbocycles. The zero-order chi connectivity index (χ0) is 11.5. The molecule has 0 aliphatic carbocycles. The lowest BCUT2D eigenvalue weighted by molar-refractivity contribution is 0.585. The van der Waals surface area contributed by atoms with Crippen LogP contribution in [0.3, 0.4) is 0 Å². The van der Waals surface area contributed by atoms with Gasteiger partial charge in [-0.15, -0.1) is 6.42 Å². The maximum Gasteiger partial charge on any atom is 0.243 e. The predicted octanol–water partition coefficient (Wildman–Crippen LogP) is 0.955. The fraction of sp³-hybridized carbons (Fsp3) is 0.222. The van der Waals surface area contributed by atoms with Gasteiger partial charge < -0.3 is 0 Å². The van der Waals surface area contributed by atoms with Gasteiger partial charge in [0.1, 0.15) is 10.0 Å². The number of hydrogen-bond acceptors (Lipinski definition) is 3. The Labute approximate surface area is 93.7 Å². The number of rotatable bonds is 3. The summed E-state index contributed by atoms with van der Waals surface area (Å²) in [4.78, 5) is 3.93. The van der Waals surface area contributed by atoms with Crippen LogP contribution in [0.2, 0.25) is 5.15 Å². The molecule has 0 radical (unpaired) electrons. The van der Waals surface area contributed by atoms with Crippen molar-refractivity contribution in [2.24, 2.45) is 0 Å². The molecule has 0 atom stereocenters. The second kappa shape index (κ2) is 4.62. The van der Waals surface area contributed by atoms with Gasteiger partial charge >= 0.3 is 0 Å². The van der Waals surface area contributed by atoms with Gasteiger partial charge in [0.15, 0.2) is 0 Å². The first-order valence-electron chi connectivity index (χ1n) is 4.03. The van der Waals surface area contributed by atoms with Crippen LogP contribution in [0.4, 0.5) is 0 Å². The van der Waals surface area contributed by atoms with Gasteiger partial charge in [-0.2, -0.15) is 4.72 Å². The number of nitrogens with zero attached hydrogens (tertiary/aromatic N) is 1. The van der Waals surface area contributed by atoms with Crippen LogP contribution in [0.5, 0.6) is 0 Å². The number of pyridine rings is 1. The highest BCUT2D eigenvalue weighted by Crippen LogP contribution is 2.15. The molecule has 0 aliphatic heterocycles. The number of halogens is 1. The molecule has 0 unspecified atom stereocenters. The molecule has 15 heavy (non-hydrogen) atoms. The van der Waals surface area contributed by atoms with Crippen LogP contribution in [0.15, 0.2) is 17.0 Å². The van der Waals surface area contributed by atoms with E-state index in [2.05, 4.69) is 15.6 Å². The monoisotopic (exact) mass is 244 g/mol. The van der Waals surface area contributed by atoms with Gasteiger partial charge in [0.25, 0.3) is 0 Å². The Kier molecular flexibility index (Phi) is 3.69. The molecule has 80 valence electrons. The van der Waals surface area contributed by atoms with Crippen molar-refractivity contribution in [3.63, 3.8) is 0 Å². The molecule has 0 bridgehead atoms. The van der Waals surface area contributed by atoms with Gasteiger partial charge in [0.2, 0.25) is 10.0 Å². The molecule has 0 aliphatic rings. The number of terminal acetylenes is 1. The minimum Gasteiger partial charge on any atom is -0.240 e. The number of sulfonamides is 1. The molecule has 1 aromatic rings. The zero-order valence-electron chi connectivity index (χ0n) is 7.99. The molecule has 1 heterocycles. The molecule has 0 saturated carbocycles. The average Bonchev–Trinajstić information content (AvgIpc) is 2.14. The first-order valence-corrected chi connectivity index (χ1v) is 5.90. The molecule has 0 fully saturated rings. The van der Waals surface area contributed by atoms with E-state index in [1.165, 1.54) is 12.1 Å². The third-order valence-electron chi connectivity index (χ3n) is 1.66. The standard InChI is InChI=1S/C9H9ClN2O2S/c1-3-6-11-15(13,14)8-4-5-9(10)12-7(8)2/h1,4-5,11H,6H2,2H3. The first kappa shape index (κ1) is 12.0. The molecule has 0 amide bonds. The average molecular weight is 245 g/mol. The zero-order valence-corrected chi connectivity index (χ0v) is 9.56. The minimum atomic E-state index is -3.58. The Morgan fingerprint density at radius 2 is 2.27 bits per heavy atom. The van der Waals surface area contributed by atoms with Crippen molar-refractivity contribution in [2.75, 3.05) is 6.54 Å². The largest absolute Gasteiger partial charge is 0.243 e. The number of aromatic nitrogens is 1. The Balaban J connectivity index is 3.12. The van der Waals surface area contributed by atoms with E-state index in [0.717, 1.165) is 0 Å². The number of aryl methyl sites for hydroxylation is 1. The quantitative estimate of drug-likeness (QED) is 0.636. The van der Waals surface area contributed by atoms with E-state index in [1.807, 2.05) is 0 Å². The molecule has 4 nitrogen and oxygen atoms in total. The van der Waals surface area contributed by atoms with Crippen molar-refractivity contribution < 1.29 is 8.42 Å². The summed E-state index contributed by atoms with van der Waals surface area (Å²) in [6, 6.07) is 2.81. The van der Waals surface area contributed by atoms with Crippen molar-refractivity contribution >= 4 is 21.6 Å². The fourth-order valence-corrected chi connectivity index (χ4v) is 2.32. The number of hydrogen-bond donors (Lipinski definition) is 1. The second-order valence-electron chi connectivity index (χ2n) is 2.75. The summed E-state index contributed by atoms with van der Waals surface area (Å²) in [6.45, 7) is 1.51. The van der Waals surface area contributed by atoms with Crippen molar-refractivity contribution in [1.82, 2.24) is 9.71 Å². The van der Waals surface area contributed by atoms with Crippen LogP contribution in [-0.2, 0) is 10.0 Å². The summed E-state index contributed by atoms with van der Waals surface area (Å²) in [7, 11) is -3.58. The molecule has 1 N–H and O–H groups in total. The summed E-state index contributed by atoms with van der Waals surface area (Å²) >= 11 is 5.61. The van der Waals surface area contributed by atoms with Crippen molar-refractivity contribution in [3.05, 3.63) is 23.0 Å². The maximum absolute atomic E-state index is 11.6. The van der Waals surface area contributed by atoms with Gasteiger partial charge in [-0.25, -0.2) is 13.4 Å². The van der Waals surface area contributed by atoms with Gasteiger partial charge in [-0.05, 0) is 19.1 Å². The predicted molar refractivity (Wildman–Crippen MR) is 58.0 cm³/mol. The normalized spacial score (nSPS) is 11.0. The summed E-state index contributed by atoms with van der Waals surface area (Å²) < 4.78 is 25.5. The summed E-state index contributed by atoms with van der Waals surface area (Å²) in [6.07, 6.45) is 4.96. The Morgan fingerprint density at radius 1 is 1.60 bits per heavy atom. The summed E-state index contributed by atoms with van der Waals surface area (Å²) in [5.74, 6) is 2.19. The topological polar surface area (TPSA) is 59.1 Å². The van der Waals surface area contributed by atoms with Crippen LogP contribution in [-0.4, -0.2) is 19.9 Å². The molecule has 1 rings (SSSR count). The smallest absolute Gasteiger partial charge is 0.240 e. The van der Waals surface area contributed by atoms with Crippen molar-refractivity contribution in [3.8, 4) is 12.3 Å². The molecular weight excluding hydrogens is 236 g/mol. The summed E-state index contributed by atoms with van der Waals surface area (Å²) in [5.41, 5.74) is 0.340. The molecule has 0 spiro atoms. The molecule has 1 aromatic heterocycles. The van der Waals surface area contributed by atoms with E-state index in [9.17, 15) is 8.42 Å². The Hall–Kier alpha value is -1.09. The van der Waals surface area contributed by atoms with Crippen LogP contribution in [0.25, 0.3) is 0 Å². The second-order valence-corrected chi connectivity index (χ2v) is 4.87. The third kappa shape index (κ3) is 2.93. The Bertz CT molecular complexity index is 505. The lowest BCUT2D eigenvalue weighted by Crippen LogP contribution is -2.24. The number of nitrogens with one attached hydrogen (secondary N) is 1. The molecule has 0 saturated heterocycles. The minimum absolute atomic E-state index is 0.0512. The van der Waals surface area contributed by atoms with Crippen molar-refractivity contribution in [2.45, 2.75) is 11.8 Å².